The molecule has 2 aromatic carbocycles. The van der Waals surface area contributed by atoms with Crippen LogP contribution in [-0.2, 0) is 0 Å². The zero-order chi connectivity index (χ0) is 18.2. The number of H-pyrrole nitrogens is 1. The van der Waals surface area contributed by atoms with Gasteiger partial charge >= 0.3 is 0 Å². The van der Waals surface area contributed by atoms with Gasteiger partial charge in [-0.1, -0.05) is 35.5 Å². The molecule has 0 radical (unpaired) electrons. The summed E-state index contributed by atoms with van der Waals surface area (Å²) in [6, 6.07) is 15.3. The van der Waals surface area contributed by atoms with E-state index in [0.717, 1.165) is 23.0 Å². The minimum absolute atomic E-state index is 0.0109. The number of benzene rings is 2. The SMILES string of the molecule is O=C(c1ccc2nc[nH]c2c1)N1CCC(c2nc(-c3ccccc3)no2)C1. The maximum atomic E-state index is 12.8. The zero-order valence-electron chi connectivity index (χ0n) is 14.5. The van der Waals surface area contributed by atoms with Crippen LogP contribution in [-0.4, -0.2) is 44.0 Å². The normalized spacial score (nSPS) is 16.9. The van der Waals surface area contributed by atoms with Gasteiger partial charge in [0.15, 0.2) is 0 Å². The summed E-state index contributed by atoms with van der Waals surface area (Å²) in [6.45, 7) is 1.25. The number of aromatic amines is 1. The Hall–Kier alpha value is -3.48. The van der Waals surface area contributed by atoms with Gasteiger partial charge in [-0.3, -0.25) is 4.79 Å². The first-order chi connectivity index (χ1) is 13.3. The Balaban J connectivity index is 1.32. The van der Waals surface area contributed by atoms with Crippen molar-refractivity contribution in [2.24, 2.45) is 0 Å². The van der Waals surface area contributed by atoms with Gasteiger partial charge in [0.05, 0.1) is 23.3 Å². The third-order valence-corrected chi connectivity index (χ3v) is 4.97. The molecule has 1 fully saturated rings. The van der Waals surface area contributed by atoms with Crippen molar-refractivity contribution in [2.75, 3.05) is 13.1 Å². The van der Waals surface area contributed by atoms with Crippen LogP contribution in [0.4, 0.5) is 0 Å². The second-order valence-electron chi connectivity index (χ2n) is 6.69. The quantitative estimate of drug-likeness (QED) is 0.607. The number of nitrogens with one attached hydrogen (secondary N) is 1. The second-order valence-corrected chi connectivity index (χ2v) is 6.69. The Morgan fingerprint density at radius 2 is 2.07 bits per heavy atom. The van der Waals surface area contributed by atoms with Gasteiger partial charge in [-0.25, -0.2) is 4.98 Å². The Labute approximate surface area is 155 Å². The van der Waals surface area contributed by atoms with E-state index in [-0.39, 0.29) is 11.8 Å². The Morgan fingerprint density at radius 1 is 1.19 bits per heavy atom. The molecule has 1 aliphatic rings. The minimum atomic E-state index is 0.0109. The van der Waals surface area contributed by atoms with Crippen molar-refractivity contribution < 1.29 is 9.32 Å². The minimum Gasteiger partial charge on any atom is -0.345 e. The molecule has 1 N–H and O–H groups in total. The average Bonchev–Trinajstić information content (AvgIpc) is 3.47. The molecule has 0 aliphatic carbocycles. The van der Waals surface area contributed by atoms with Crippen molar-refractivity contribution in [3.63, 3.8) is 0 Å². The van der Waals surface area contributed by atoms with Crippen LogP contribution < -0.4 is 0 Å². The van der Waals surface area contributed by atoms with Crippen molar-refractivity contribution in [1.82, 2.24) is 25.0 Å². The number of imidazole rings is 1. The van der Waals surface area contributed by atoms with E-state index in [1.54, 1.807) is 6.33 Å². The fraction of sp³-hybridized carbons (Fsp3) is 0.200. The largest absolute Gasteiger partial charge is 0.345 e. The van der Waals surface area contributed by atoms with Crippen LogP contribution >= 0.6 is 0 Å². The van der Waals surface area contributed by atoms with Crippen LogP contribution in [0.2, 0.25) is 0 Å². The summed E-state index contributed by atoms with van der Waals surface area (Å²) < 4.78 is 5.47. The van der Waals surface area contributed by atoms with Crippen molar-refractivity contribution in [3.8, 4) is 11.4 Å². The van der Waals surface area contributed by atoms with E-state index in [9.17, 15) is 4.79 Å². The summed E-state index contributed by atoms with van der Waals surface area (Å²) in [5.74, 6) is 1.25. The molecule has 1 aliphatic heterocycles. The molecule has 27 heavy (non-hydrogen) atoms. The number of amides is 1. The van der Waals surface area contributed by atoms with E-state index in [4.69, 9.17) is 4.52 Å². The smallest absolute Gasteiger partial charge is 0.253 e. The fourth-order valence-corrected chi connectivity index (χ4v) is 3.50. The topological polar surface area (TPSA) is 87.9 Å². The van der Waals surface area contributed by atoms with Crippen LogP contribution in [0.5, 0.6) is 0 Å². The molecule has 0 spiro atoms. The number of rotatable bonds is 3. The molecule has 1 amide bonds. The van der Waals surface area contributed by atoms with E-state index in [1.165, 1.54) is 0 Å². The van der Waals surface area contributed by atoms with E-state index < -0.39 is 0 Å². The monoisotopic (exact) mass is 359 g/mol. The Bertz CT molecular complexity index is 1100. The van der Waals surface area contributed by atoms with Crippen LogP contribution in [0.25, 0.3) is 22.4 Å². The number of carbonyl (C=O) groups excluding carboxylic acids is 1. The first-order valence-electron chi connectivity index (χ1n) is 8.89. The van der Waals surface area contributed by atoms with E-state index in [0.29, 0.717) is 30.4 Å². The van der Waals surface area contributed by atoms with Gasteiger partial charge in [-0.2, -0.15) is 4.98 Å². The van der Waals surface area contributed by atoms with Crippen molar-refractivity contribution in [2.45, 2.75) is 12.3 Å². The molecule has 1 atom stereocenters. The first-order valence-corrected chi connectivity index (χ1v) is 8.89. The second kappa shape index (κ2) is 6.35. The van der Waals surface area contributed by atoms with Crippen molar-refractivity contribution >= 4 is 16.9 Å². The predicted octanol–water partition coefficient (Wildman–Crippen LogP) is 3.24. The molecule has 1 unspecified atom stereocenters. The zero-order valence-corrected chi connectivity index (χ0v) is 14.5. The number of fused-ring (bicyclic) bond motifs is 1. The number of aromatic nitrogens is 4. The van der Waals surface area contributed by atoms with Gasteiger partial charge < -0.3 is 14.4 Å². The summed E-state index contributed by atoms with van der Waals surface area (Å²) in [5, 5.41) is 4.09. The van der Waals surface area contributed by atoms with Gasteiger partial charge in [0.1, 0.15) is 0 Å². The lowest BCUT2D eigenvalue weighted by Crippen LogP contribution is -2.28. The van der Waals surface area contributed by atoms with Gasteiger partial charge in [0.2, 0.25) is 11.7 Å². The van der Waals surface area contributed by atoms with Gasteiger partial charge in [0, 0.05) is 24.2 Å². The molecular weight excluding hydrogens is 342 g/mol. The molecular formula is C20H17N5O2. The molecule has 134 valence electrons. The number of likely N-dealkylation sites (tertiary alicyclic amines) is 1. The van der Waals surface area contributed by atoms with Gasteiger partial charge in [0.25, 0.3) is 5.91 Å². The molecule has 0 bridgehead atoms. The highest BCUT2D eigenvalue weighted by molar-refractivity contribution is 5.97. The molecule has 2 aromatic heterocycles. The maximum Gasteiger partial charge on any atom is 0.253 e. The average molecular weight is 359 g/mol. The Kier molecular flexibility index (Phi) is 3.71. The molecule has 4 aromatic rings. The highest BCUT2D eigenvalue weighted by atomic mass is 16.5. The number of hydrogen-bond acceptors (Lipinski definition) is 5. The van der Waals surface area contributed by atoms with Crippen molar-refractivity contribution in [1.29, 1.82) is 0 Å². The maximum absolute atomic E-state index is 12.8. The van der Waals surface area contributed by atoms with Crippen LogP contribution in [0.15, 0.2) is 59.4 Å². The molecule has 0 saturated carbocycles. The van der Waals surface area contributed by atoms with Crippen LogP contribution in [0.1, 0.15) is 28.6 Å². The molecule has 7 heteroatoms. The summed E-state index contributed by atoms with van der Waals surface area (Å²) in [7, 11) is 0. The fourth-order valence-electron chi connectivity index (χ4n) is 3.50. The lowest BCUT2D eigenvalue weighted by molar-refractivity contribution is 0.0789. The van der Waals surface area contributed by atoms with E-state index in [1.807, 2.05) is 53.4 Å². The lowest BCUT2D eigenvalue weighted by atomic mass is 10.1. The molecule has 5 rings (SSSR count). The van der Waals surface area contributed by atoms with E-state index >= 15 is 0 Å². The molecule has 3 heterocycles. The van der Waals surface area contributed by atoms with Gasteiger partial charge in [-0.15, -0.1) is 0 Å². The van der Waals surface area contributed by atoms with Crippen molar-refractivity contribution in [3.05, 3.63) is 66.3 Å². The molecule has 1 saturated heterocycles. The highest BCUT2D eigenvalue weighted by Gasteiger charge is 2.31. The predicted molar refractivity (Wildman–Crippen MR) is 99.1 cm³/mol. The van der Waals surface area contributed by atoms with Crippen LogP contribution in [0, 0.1) is 0 Å². The number of nitrogens with zero attached hydrogens (tertiary/aromatic N) is 4. The van der Waals surface area contributed by atoms with Gasteiger partial charge in [-0.05, 0) is 24.6 Å². The van der Waals surface area contributed by atoms with Crippen LogP contribution in [0.3, 0.4) is 0 Å². The third kappa shape index (κ3) is 2.87. The summed E-state index contributed by atoms with van der Waals surface area (Å²) in [6.07, 6.45) is 2.44. The highest BCUT2D eigenvalue weighted by Crippen LogP contribution is 2.29. The van der Waals surface area contributed by atoms with E-state index in [2.05, 4.69) is 20.1 Å². The first kappa shape index (κ1) is 15.7. The molecule has 7 nitrogen and oxygen atoms in total. The third-order valence-electron chi connectivity index (χ3n) is 4.97. The lowest BCUT2D eigenvalue weighted by Gasteiger charge is -2.15. The summed E-state index contributed by atoms with van der Waals surface area (Å²) >= 11 is 0. The summed E-state index contributed by atoms with van der Waals surface area (Å²) in [5.41, 5.74) is 3.29. The number of hydrogen-bond donors (Lipinski definition) is 1. The Morgan fingerprint density at radius 3 is 2.96 bits per heavy atom. The standard InChI is InChI=1S/C20H17N5O2/c26-20(14-6-7-16-17(10-14)22-12-21-16)25-9-8-15(11-25)19-23-18(24-27-19)13-4-2-1-3-5-13/h1-7,10,12,15H,8-9,11H2,(H,21,22). The number of carbonyl (C=O) groups is 1. The summed E-state index contributed by atoms with van der Waals surface area (Å²) in [4.78, 5) is 26.4.